The van der Waals surface area contributed by atoms with Gasteiger partial charge in [-0.25, -0.2) is 18.2 Å². The van der Waals surface area contributed by atoms with Crippen LogP contribution in [-0.2, 0) is 26.1 Å². The van der Waals surface area contributed by atoms with Crippen LogP contribution in [0.2, 0.25) is 5.02 Å². The number of esters is 1. The van der Waals surface area contributed by atoms with Crippen molar-refractivity contribution >= 4 is 66.3 Å². The number of fused-ring (bicyclic) bond motifs is 1. The van der Waals surface area contributed by atoms with Gasteiger partial charge in [0.1, 0.15) is 15.1 Å². The van der Waals surface area contributed by atoms with Gasteiger partial charge in [-0.2, -0.15) is 4.31 Å². The highest BCUT2D eigenvalue weighted by Crippen LogP contribution is 2.37. The first kappa shape index (κ1) is 24.8. The molecule has 4 rings (SSSR count). The molecule has 0 radical (unpaired) electrons. The summed E-state index contributed by atoms with van der Waals surface area (Å²) in [5.74, 6) is -0.796. The lowest BCUT2D eigenvalue weighted by Gasteiger charge is -2.34. The van der Waals surface area contributed by atoms with Gasteiger partial charge in [0.25, 0.3) is 0 Å². The van der Waals surface area contributed by atoms with Crippen molar-refractivity contribution in [2.75, 3.05) is 26.7 Å². The van der Waals surface area contributed by atoms with Crippen molar-refractivity contribution in [1.29, 1.82) is 0 Å². The predicted octanol–water partition coefficient (Wildman–Crippen LogP) is 4.01. The number of thiophene rings is 1. The number of aryl methyl sites for hydroxylation is 1. The van der Waals surface area contributed by atoms with Crippen LogP contribution >= 0.6 is 34.3 Å². The summed E-state index contributed by atoms with van der Waals surface area (Å²) >= 11 is 8.58. The van der Waals surface area contributed by atoms with Crippen molar-refractivity contribution in [3.05, 3.63) is 62.4 Å². The molecule has 3 heterocycles. The van der Waals surface area contributed by atoms with Crippen LogP contribution in [-0.4, -0.2) is 61.2 Å². The van der Waals surface area contributed by atoms with Gasteiger partial charge in [0.05, 0.1) is 25.9 Å². The summed E-state index contributed by atoms with van der Waals surface area (Å²) in [6.45, 7) is 5.76. The van der Waals surface area contributed by atoms with Gasteiger partial charge in [-0.1, -0.05) is 23.7 Å². The zero-order chi connectivity index (χ0) is 24.6. The number of piperazine rings is 1. The summed E-state index contributed by atoms with van der Waals surface area (Å²) in [6.07, 6.45) is 1.39. The first-order valence-corrected chi connectivity index (χ1v) is 13.8. The van der Waals surface area contributed by atoms with E-state index < -0.39 is 21.2 Å². The van der Waals surface area contributed by atoms with E-state index in [9.17, 15) is 18.0 Å². The van der Waals surface area contributed by atoms with Crippen LogP contribution in [0.15, 0.2) is 36.9 Å². The second-order valence-electron chi connectivity index (χ2n) is 7.69. The van der Waals surface area contributed by atoms with Crippen LogP contribution in [0.25, 0.3) is 10.1 Å². The highest BCUT2D eigenvalue weighted by molar-refractivity contribution is 7.89. The molecule has 3 aromatic rings. The number of methoxy groups -OCH3 is 1. The molecule has 1 unspecified atom stereocenters. The maximum Gasteiger partial charge on any atom is 0.349 e. The first-order chi connectivity index (χ1) is 16.1. The largest absolute Gasteiger partial charge is 0.465 e. The number of aromatic nitrogens is 1. The van der Waals surface area contributed by atoms with E-state index in [-0.39, 0.29) is 32.1 Å². The molecule has 0 bridgehead atoms. The molecule has 0 aliphatic carbocycles. The van der Waals surface area contributed by atoms with Gasteiger partial charge < -0.3 is 9.64 Å². The van der Waals surface area contributed by atoms with E-state index in [4.69, 9.17) is 16.3 Å². The average molecular weight is 540 g/mol. The summed E-state index contributed by atoms with van der Waals surface area (Å²) in [7, 11) is -2.56. The summed E-state index contributed by atoms with van der Waals surface area (Å²) in [5.41, 5.74) is 0.541. The van der Waals surface area contributed by atoms with Gasteiger partial charge in [-0.05, 0) is 30.5 Å². The topological polar surface area (TPSA) is 96.9 Å². The number of ether oxygens (including phenoxy) is 1. The van der Waals surface area contributed by atoms with E-state index in [2.05, 4.69) is 11.6 Å². The Labute approximate surface area is 210 Å². The molecule has 1 aromatic carbocycles. The van der Waals surface area contributed by atoms with Crippen molar-refractivity contribution in [3.8, 4) is 0 Å². The van der Waals surface area contributed by atoms with E-state index in [1.54, 1.807) is 24.0 Å². The second-order valence-corrected chi connectivity index (χ2v) is 12.4. The third-order valence-electron chi connectivity index (χ3n) is 5.50. The zero-order valence-electron chi connectivity index (χ0n) is 18.5. The Morgan fingerprint density at radius 1 is 1.32 bits per heavy atom. The molecule has 8 nitrogen and oxygen atoms in total. The monoisotopic (exact) mass is 539 g/mol. The molecule has 1 saturated heterocycles. The third-order valence-corrected chi connectivity index (χ3v) is 10.3. The molecule has 0 saturated carbocycles. The first-order valence-electron chi connectivity index (χ1n) is 10.3. The summed E-state index contributed by atoms with van der Waals surface area (Å²) in [4.78, 5) is 31.6. The Balaban J connectivity index is 1.49. The number of carbonyl (C=O) groups excluding carboxylic acids is 2. The third kappa shape index (κ3) is 4.76. The van der Waals surface area contributed by atoms with E-state index in [0.29, 0.717) is 25.5 Å². The normalized spacial score (nSPS) is 16.1. The fraction of sp³-hybridized carbons (Fsp3) is 0.318. The number of sulfonamides is 1. The second kappa shape index (κ2) is 9.74. The highest BCUT2D eigenvalue weighted by Gasteiger charge is 2.37. The fourth-order valence-corrected chi connectivity index (χ4v) is 8.13. The summed E-state index contributed by atoms with van der Waals surface area (Å²) in [6, 6.07) is 7.22. The minimum atomic E-state index is -3.86. The number of amides is 1. The Hall–Kier alpha value is -2.31. The lowest BCUT2D eigenvalue weighted by Crippen LogP contribution is -2.52. The molecule has 34 heavy (non-hydrogen) atoms. The molecule has 2 aromatic heterocycles. The standard InChI is InChI=1S/C22H22ClN3O5S3/c1-4-18(17-9-14-5-6-15(23)10-16(14)32-17)34(29,30)26-8-7-25(20(27)12-26)11-19-24-13(2)21(33-19)22(28)31-3/h4-6,9-10,18H,1,7-8,11-12H2,2-3H3. The Kier molecular flexibility index (Phi) is 7.11. The highest BCUT2D eigenvalue weighted by atomic mass is 35.5. The van der Waals surface area contributed by atoms with Crippen molar-refractivity contribution in [3.63, 3.8) is 0 Å². The molecule has 0 N–H and O–H groups in total. The van der Waals surface area contributed by atoms with Crippen LogP contribution in [0.1, 0.15) is 30.5 Å². The number of nitrogens with zero attached hydrogens (tertiary/aromatic N) is 3. The van der Waals surface area contributed by atoms with E-state index in [1.807, 2.05) is 12.1 Å². The maximum absolute atomic E-state index is 13.4. The summed E-state index contributed by atoms with van der Waals surface area (Å²) in [5, 5.41) is 1.11. The van der Waals surface area contributed by atoms with Gasteiger partial charge in [0.15, 0.2) is 0 Å². The number of thiazole rings is 1. The van der Waals surface area contributed by atoms with Gasteiger partial charge in [-0.3, -0.25) is 4.79 Å². The lowest BCUT2D eigenvalue weighted by molar-refractivity contribution is -0.134. The smallest absolute Gasteiger partial charge is 0.349 e. The van der Waals surface area contributed by atoms with Crippen LogP contribution in [0.3, 0.4) is 0 Å². The molecular weight excluding hydrogens is 518 g/mol. The van der Waals surface area contributed by atoms with E-state index in [0.717, 1.165) is 10.1 Å². The van der Waals surface area contributed by atoms with Gasteiger partial charge >= 0.3 is 5.97 Å². The Morgan fingerprint density at radius 2 is 2.09 bits per heavy atom. The van der Waals surface area contributed by atoms with Gasteiger partial charge in [0, 0.05) is 27.7 Å². The van der Waals surface area contributed by atoms with Crippen LogP contribution < -0.4 is 0 Å². The van der Waals surface area contributed by atoms with Crippen molar-refractivity contribution in [2.45, 2.75) is 18.7 Å². The molecule has 180 valence electrons. The van der Waals surface area contributed by atoms with E-state index >= 15 is 0 Å². The zero-order valence-corrected chi connectivity index (χ0v) is 21.7. The molecular formula is C22H22ClN3O5S3. The molecule has 1 fully saturated rings. The Bertz CT molecular complexity index is 1380. The number of hydrogen-bond acceptors (Lipinski definition) is 8. The number of halogens is 1. The number of benzene rings is 1. The maximum atomic E-state index is 13.4. The fourth-order valence-electron chi connectivity index (χ4n) is 3.75. The minimum absolute atomic E-state index is 0.156. The van der Waals surface area contributed by atoms with Crippen LogP contribution in [0, 0.1) is 6.92 Å². The molecule has 1 aliphatic rings. The van der Waals surface area contributed by atoms with Gasteiger partial charge in [0.2, 0.25) is 15.9 Å². The number of carbonyl (C=O) groups is 2. The Morgan fingerprint density at radius 3 is 2.76 bits per heavy atom. The molecule has 0 spiro atoms. The SMILES string of the molecule is C=CC(c1cc2ccc(Cl)cc2s1)S(=O)(=O)N1CCN(Cc2nc(C)c(C(=O)OC)s2)C(=O)C1. The number of rotatable bonds is 7. The molecule has 1 amide bonds. The molecule has 1 atom stereocenters. The molecule has 12 heteroatoms. The lowest BCUT2D eigenvalue weighted by atomic mass is 10.2. The molecule has 1 aliphatic heterocycles. The van der Waals surface area contributed by atoms with Crippen molar-refractivity contribution in [2.24, 2.45) is 0 Å². The van der Waals surface area contributed by atoms with Crippen LogP contribution in [0.4, 0.5) is 0 Å². The van der Waals surface area contributed by atoms with E-state index in [1.165, 1.54) is 40.2 Å². The minimum Gasteiger partial charge on any atom is -0.465 e. The quantitative estimate of drug-likeness (QED) is 0.332. The number of hydrogen-bond donors (Lipinski definition) is 0. The van der Waals surface area contributed by atoms with Crippen molar-refractivity contribution in [1.82, 2.24) is 14.2 Å². The van der Waals surface area contributed by atoms with Crippen LogP contribution in [0.5, 0.6) is 0 Å². The predicted molar refractivity (Wildman–Crippen MR) is 134 cm³/mol. The summed E-state index contributed by atoms with van der Waals surface area (Å²) < 4.78 is 33.7. The van der Waals surface area contributed by atoms with Crippen molar-refractivity contribution < 1.29 is 22.7 Å². The average Bonchev–Trinajstić information content (AvgIpc) is 3.37. The van der Waals surface area contributed by atoms with Gasteiger partial charge in [-0.15, -0.1) is 29.3 Å².